The Bertz CT molecular complexity index is 756. The van der Waals surface area contributed by atoms with Gasteiger partial charge >= 0.3 is 0 Å². The highest BCUT2D eigenvalue weighted by Gasteiger charge is 2.24. The smallest absolute Gasteiger partial charge is 0.249 e. The van der Waals surface area contributed by atoms with Crippen LogP contribution in [0.25, 0.3) is 6.08 Å². The normalized spacial score (nSPS) is 11.7. The van der Waals surface area contributed by atoms with E-state index in [1.54, 1.807) is 24.3 Å². The van der Waals surface area contributed by atoms with E-state index in [0.29, 0.717) is 5.69 Å². The Balaban J connectivity index is 2.05. The van der Waals surface area contributed by atoms with Crippen LogP contribution in [-0.4, -0.2) is 11.7 Å². The molecule has 114 valence electrons. The van der Waals surface area contributed by atoms with Crippen molar-refractivity contribution >= 4 is 23.5 Å². The molecule has 1 N–H and O–H groups in total. The van der Waals surface area contributed by atoms with Crippen molar-refractivity contribution in [2.45, 2.75) is 6.92 Å². The Morgan fingerprint density at radius 2 is 1.74 bits per heavy atom. The van der Waals surface area contributed by atoms with Crippen molar-refractivity contribution in [3.63, 3.8) is 0 Å². The molecule has 1 amide bonds. The molecule has 0 radical (unpaired) electrons. The highest BCUT2D eigenvalue weighted by Crippen LogP contribution is 2.11. The van der Waals surface area contributed by atoms with Gasteiger partial charge in [0.15, 0.2) is 11.7 Å². The van der Waals surface area contributed by atoms with Gasteiger partial charge in [-0.15, -0.1) is 0 Å². The van der Waals surface area contributed by atoms with Crippen LogP contribution in [-0.2, 0) is 9.59 Å². The van der Waals surface area contributed by atoms with Crippen LogP contribution in [0.15, 0.2) is 60.7 Å². The van der Waals surface area contributed by atoms with E-state index in [1.807, 2.05) is 49.4 Å². The molecule has 23 heavy (non-hydrogen) atoms. The van der Waals surface area contributed by atoms with Crippen LogP contribution in [0.2, 0.25) is 0 Å². The Morgan fingerprint density at radius 1 is 1.09 bits per heavy atom. The lowest BCUT2D eigenvalue weighted by molar-refractivity contribution is -0.126. The van der Waals surface area contributed by atoms with Gasteiger partial charge in [0.1, 0.15) is 0 Å². The Kier molecular flexibility index (Phi) is 5.43. The average molecular weight is 304 g/mol. The van der Waals surface area contributed by atoms with E-state index in [9.17, 15) is 9.59 Å². The summed E-state index contributed by atoms with van der Waals surface area (Å²) in [6.07, 6.45) is 2.85. The Morgan fingerprint density at radius 3 is 2.35 bits per heavy atom. The topological polar surface area (TPSA) is 70.0 Å². The fraction of sp³-hybridized carbons (Fsp3) is 0.105. The molecular weight excluding hydrogens is 288 g/mol. The number of allylic oxidation sites excluding steroid dienone is 1. The number of anilines is 1. The molecular formula is C19H16N2O2. The fourth-order valence-corrected chi connectivity index (χ4v) is 1.94. The molecule has 0 saturated carbocycles. The van der Waals surface area contributed by atoms with Crippen LogP contribution in [0.5, 0.6) is 0 Å². The van der Waals surface area contributed by atoms with Gasteiger partial charge in [0, 0.05) is 5.69 Å². The summed E-state index contributed by atoms with van der Waals surface area (Å²) in [7, 11) is 0. The number of nitrogens with zero attached hydrogens (tertiary/aromatic N) is 1. The summed E-state index contributed by atoms with van der Waals surface area (Å²) < 4.78 is 0. The van der Waals surface area contributed by atoms with E-state index in [2.05, 4.69) is 5.32 Å². The van der Waals surface area contributed by atoms with Gasteiger partial charge < -0.3 is 5.32 Å². The number of amides is 1. The Hall–Kier alpha value is -3.19. The third-order valence-electron chi connectivity index (χ3n) is 3.23. The van der Waals surface area contributed by atoms with Gasteiger partial charge in [0.25, 0.3) is 0 Å². The molecule has 0 aromatic heterocycles. The summed E-state index contributed by atoms with van der Waals surface area (Å²) in [4.78, 5) is 24.2. The first-order valence-corrected chi connectivity index (χ1v) is 7.14. The van der Waals surface area contributed by atoms with Crippen LogP contribution >= 0.6 is 0 Å². The maximum absolute atomic E-state index is 12.1. The van der Waals surface area contributed by atoms with Gasteiger partial charge in [-0.3, -0.25) is 9.59 Å². The standard InChI is InChI=1S/C19H16N2O2/c1-14-7-10-16(11-8-14)21-19(23)17(13-20)18(22)12-9-15-5-3-2-4-6-15/h2-12,17H,1H3,(H,21,23)/b12-9+/t17-/m1/s1. The van der Waals surface area contributed by atoms with E-state index >= 15 is 0 Å². The summed E-state index contributed by atoms with van der Waals surface area (Å²) in [5.74, 6) is -2.53. The second kappa shape index (κ2) is 7.71. The van der Waals surface area contributed by atoms with E-state index < -0.39 is 17.6 Å². The average Bonchev–Trinajstić information content (AvgIpc) is 2.57. The highest BCUT2D eigenvalue weighted by atomic mass is 16.2. The molecule has 4 nitrogen and oxygen atoms in total. The molecule has 4 heteroatoms. The first-order valence-electron chi connectivity index (χ1n) is 7.14. The van der Waals surface area contributed by atoms with Gasteiger partial charge in [-0.2, -0.15) is 5.26 Å². The summed E-state index contributed by atoms with van der Waals surface area (Å²) >= 11 is 0. The molecule has 0 fully saturated rings. The van der Waals surface area contributed by atoms with Crippen LogP contribution in [0.4, 0.5) is 5.69 Å². The van der Waals surface area contributed by atoms with E-state index in [0.717, 1.165) is 11.1 Å². The van der Waals surface area contributed by atoms with Crippen molar-refractivity contribution in [1.82, 2.24) is 0 Å². The second-order valence-electron chi connectivity index (χ2n) is 5.06. The number of nitriles is 1. The second-order valence-corrected chi connectivity index (χ2v) is 5.06. The third-order valence-corrected chi connectivity index (χ3v) is 3.23. The summed E-state index contributed by atoms with van der Waals surface area (Å²) in [6.45, 7) is 1.93. The minimum atomic E-state index is -1.36. The molecule has 0 saturated heterocycles. The number of benzene rings is 2. The van der Waals surface area contributed by atoms with Crippen LogP contribution in [0, 0.1) is 24.2 Å². The lowest BCUT2D eigenvalue weighted by Crippen LogP contribution is -2.27. The number of nitrogens with one attached hydrogen (secondary N) is 1. The number of rotatable bonds is 5. The summed E-state index contributed by atoms with van der Waals surface area (Å²) in [5, 5.41) is 11.7. The number of hydrogen-bond donors (Lipinski definition) is 1. The van der Waals surface area contributed by atoms with E-state index in [4.69, 9.17) is 5.26 Å². The minimum absolute atomic E-state index is 0.541. The maximum atomic E-state index is 12.1. The fourth-order valence-electron chi connectivity index (χ4n) is 1.94. The minimum Gasteiger partial charge on any atom is -0.325 e. The maximum Gasteiger partial charge on any atom is 0.249 e. The number of carbonyl (C=O) groups is 2. The molecule has 2 rings (SSSR count). The van der Waals surface area contributed by atoms with Crippen molar-refractivity contribution in [2.24, 2.45) is 5.92 Å². The summed E-state index contributed by atoms with van der Waals surface area (Å²) in [5.41, 5.74) is 2.44. The number of aryl methyl sites for hydroxylation is 1. The predicted octanol–water partition coefficient (Wildman–Crippen LogP) is 3.36. The monoisotopic (exact) mass is 304 g/mol. The lowest BCUT2D eigenvalue weighted by atomic mass is 10.0. The first-order chi connectivity index (χ1) is 11.1. The number of hydrogen-bond acceptors (Lipinski definition) is 3. The quantitative estimate of drug-likeness (QED) is 0.680. The van der Waals surface area contributed by atoms with Crippen molar-refractivity contribution in [2.75, 3.05) is 5.32 Å². The molecule has 2 aromatic rings. The largest absolute Gasteiger partial charge is 0.325 e. The molecule has 2 aromatic carbocycles. The van der Waals surface area contributed by atoms with Gasteiger partial charge in [-0.25, -0.2) is 0 Å². The van der Waals surface area contributed by atoms with Gasteiger partial charge in [0.05, 0.1) is 6.07 Å². The van der Waals surface area contributed by atoms with Gasteiger partial charge in [-0.05, 0) is 30.7 Å². The van der Waals surface area contributed by atoms with Gasteiger partial charge in [-0.1, -0.05) is 54.1 Å². The van der Waals surface area contributed by atoms with Crippen molar-refractivity contribution in [1.29, 1.82) is 5.26 Å². The lowest BCUT2D eigenvalue weighted by Gasteiger charge is -2.08. The molecule has 0 heterocycles. The molecule has 0 aliphatic carbocycles. The predicted molar refractivity (Wildman–Crippen MR) is 89.4 cm³/mol. The number of ketones is 1. The zero-order chi connectivity index (χ0) is 16.7. The van der Waals surface area contributed by atoms with E-state index in [-0.39, 0.29) is 0 Å². The third kappa shape index (κ3) is 4.65. The molecule has 0 spiro atoms. The van der Waals surface area contributed by atoms with E-state index in [1.165, 1.54) is 6.08 Å². The van der Waals surface area contributed by atoms with Crippen molar-refractivity contribution in [3.05, 3.63) is 71.8 Å². The molecule has 0 unspecified atom stereocenters. The van der Waals surface area contributed by atoms with Crippen molar-refractivity contribution < 1.29 is 9.59 Å². The molecule has 0 aliphatic heterocycles. The Labute approximate surface area is 135 Å². The summed E-state index contributed by atoms with van der Waals surface area (Å²) in [6, 6.07) is 18.1. The van der Waals surface area contributed by atoms with Crippen LogP contribution < -0.4 is 5.32 Å². The zero-order valence-electron chi connectivity index (χ0n) is 12.7. The van der Waals surface area contributed by atoms with Gasteiger partial charge in [0.2, 0.25) is 5.91 Å². The highest BCUT2D eigenvalue weighted by molar-refractivity contribution is 6.14. The molecule has 0 bridgehead atoms. The van der Waals surface area contributed by atoms with Crippen LogP contribution in [0.3, 0.4) is 0 Å². The molecule has 1 atom stereocenters. The first kappa shape index (κ1) is 16.2. The SMILES string of the molecule is Cc1ccc(NC(=O)[C@H](C#N)C(=O)/C=C/c2ccccc2)cc1. The van der Waals surface area contributed by atoms with Crippen molar-refractivity contribution in [3.8, 4) is 6.07 Å². The zero-order valence-corrected chi connectivity index (χ0v) is 12.7. The number of carbonyl (C=O) groups excluding carboxylic acids is 2. The molecule has 0 aliphatic rings. The van der Waals surface area contributed by atoms with Crippen LogP contribution in [0.1, 0.15) is 11.1 Å².